The van der Waals surface area contributed by atoms with Gasteiger partial charge in [-0.25, -0.2) is 4.98 Å². The van der Waals surface area contributed by atoms with Crippen LogP contribution < -0.4 is 10.1 Å². The van der Waals surface area contributed by atoms with Gasteiger partial charge in [0.15, 0.2) is 12.4 Å². The van der Waals surface area contributed by atoms with E-state index in [1.54, 1.807) is 67.0 Å². The number of Topliss-reactive ketones (excluding diaryl/α,β-unsaturated/α-hetero) is 1. The van der Waals surface area contributed by atoms with Gasteiger partial charge in [0, 0.05) is 22.2 Å². The molecule has 3 aromatic rings. The number of nitrogens with zero attached hydrogens (tertiary/aromatic N) is 1. The third kappa shape index (κ3) is 3.65. The standard InChI is InChI=1S/C23H17ClN2O3/c24-18-10-8-16(9-11-18)20-19(21(27)17-6-2-1-3-7-17)22(28)23(29)26(20)14-15-5-4-12-25-13-15/h1-13,20,27H,14H2. The summed E-state index contributed by atoms with van der Waals surface area (Å²) in [6.07, 6.45) is 3.52. The van der Waals surface area contributed by atoms with Crippen LogP contribution in [0.25, 0.3) is 5.76 Å². The molecule has 0 bridgehead atoms. The van der Waals surface area contributed by atoms with E-state index in [-0.39, 0.29) is 12.1 Å². The van der Waals surface area contributed by atoms with Gasteiger partial charge in [0.2, 0.25) is 5.78 Å². The molecule has 0 saturated carbocycles. The lowest BCUT2D eigenvalue weighted by Crippen LogP contribution is -2.29. The summed E-state index contributed by atoms with van der Waals surface area (Å²) in [6, 6.07) is 18.3. The van der Waals surface area contributed by atoms with E-state index in [4.69, 9.17) is 11.6 Å². The fraction of sp³-hybridized carbons (Fsp3) is 0.0870. The molecule has 1 aliphatic heterocycles. The van der Waals surface area contributed by atoms with E-state index in [1.807, 2.05) is 12.1 Å². The lowest BCUT2D eigenvalue weighted by atomic mass is 9.95. The number of hydrogen-bond donors (Lipinski definition) is 0. The number of hydrogen-bond acceptors (Lipinski definition) is 3. The highest BCUT2D eigenvalue weighted by atomic mass is 35.5. The lowest BCUT2D eigenvalue weighted by molar-refractivity contribution is -0.378. The van der Waals surface area contributed by atoms with Crippen LogP contribution in [-0.4, -0.2) is 16.6 Å². The van der Waals surface area contributed by atoms with Crippen molar-refractivity contribution in [1.29, 1.82) is 0 Å². The zero-order valence-corrected chi connectivity index (χ0v) is 16.1. The number of aromatic nitrogens is 1. The van der Waals surface area contributed by atoms with Crippen LogP contribution in [0, 0.1) is 0 Å². The molecule has 0 radical (unpaired) electrons. The first-order chi connectivity index (χ1) is 14.1. The van der Waals surface area contributed by atoms with Gasteiger partial charge < -0.3 is 10.0 Å². The third-order valence-corrected chi connectivity index (χ3v) is 5.13. The van der Waals surface area contributed by atoms with Crippen molar-refractivity contribution in [2.45, 2.75) is 12.6 Å². The first-order valence-corrected chi connectivity index (χ1v) is 9.46. The van der Waals surface area contributed by atoms with Gasteiger partial charge in [0.25, 0.3) is 5.91 Å². The number of likely N-dealkylation sites (tertiary alicyclic amines) is 1. The van der Waals surface area contributed by atoms with Crippen molar-refractivity contribution in [3.63, 3.8) is 0 Å². The maximum atomic E-state index is 13.2. The number of H-pyrrole nitrogens is 1. The molecular weight excluding hydrogens is 388 g/mol. The summed E-state index contributed by atoms with van der Waals surface area (Å²) in [4.78, 5) is 30.2. The molecule has 6 heteroatoms. The molecule has 1 amide bonds. The summed E-state index contributed by atoms with van der Waals surface area (Å²) in [7, 11) is 0. The van der Waals surface area contributed by atoms with Gasteiger partial charge in [0.05, 0.1) is 12.6 Å². The Morgan fingerprint density at radius 1 is 1.00 bits per heavy atom. The van der Waals surface area contributed by atoms with Gasteiger partial charge in [-0.15, -0.1) is 0 Å². The summed E-state index contributed by atoms with van der Waals surface area (Å²) >= 11 is 6.01. The van der Waals surface area contributed by atoms with Gasteiger partial charge in [-0.2, -0.15) is 0 Å². The Kier molecular flexibility index (Phi) is 5.14. The molecule has 2 heterocycles. The summed E-state index contributed by atoms with van der Waals surface area (Å²) in [6.45, 7) is 0.195. The van der Waals surface area contributed by atoms with Crippen molar-refractivity contribution in [2.24, 2.45) is 0 Å². The Bertz CT molecular complexity index is 1080. The van der Waals surface area contributed by atoms with Gasteiger partial charge in [-0.3, -0.25) is 9.59 Å². The van der Waals surface area contributed by atoms with Crippen LogP contribution in [0.1, 0.15) is 22.7 Å². The highest BCUT2D eigenvalue weighted by Crippen LogP contribution is 2.39. The van der Waals surface area contributed by atoms with Crippen molar-refractivity contribution in [3.8, 4) is 0 Å². The number of benzene rings is 2. The average molecular weight is 405 g/mol. The molecule has 1 N–H and O–H groups in total. The number of amides is 1. The SMILES string of the molecule is O=C1C(=O)N(Cc2ccc[nH+]c2)C(c2ccc(Cl)cc2)C1=C([O-])c1ccccc1. The van der Waals surface area contributed by atoms with Crippen LogP contribution >= 0.6 is 11.6 Å². The number of rotatable bonds is 4. The molecule has 29 heavy (non-hydrogen) atoms. The van der Waals surface area contributed by atoms with Crippen molar-refractivity contribution in [2.75, 3.05) is 0 Å². The van der Waals surface area contributed by atoms with Crippen LogP contribution in [0.2, 0.25) is 5.02 Å². The Morgan fingerprint density at radius 3 is 2.38 bits per heavy atom. The zero-order chi connectivity index (χ0) is 20.4. The second-order valence-electron chi connectivity index (χ2n) is 6.74. The topological polar surface area (TPSA) is 74.6 Å². The molecule has 1 unspecified atom stereocenters. The number of carbonyl (C=O) groups is 2. The molecular formula is C23H17ClN2O3. The van der Waals surface area contributed by atoms with E-state index in [9.17, 15) is 14.7 Å². The Labute approximate surface area is 172 Å². The molecule has 1 aromatic heterocycles. The number of ketones is 1. The van der Waals surface area contributed by atoms with Gasteiger partial charge in [-0.05, 0) is 29.3 Å². The smallest absolute Gasteiger partial charge is 0.295 e. The van der Waals surface area contributed by atoms with Gasteiger partial charge in [-0.1, -0.05) is 59.8 Å². The van der Waals surface area contributed by atoms with Gasteiger partial charge in [0.1, 0.15) is 0 Å². The molecule has 4 rings (SSSR count). The maximum absolute atomic E-state index is 13.2. The summed E-state index contributed by atoms with van der Waals surface area (Å²) in [5.74, 6) is -1.89. The second-order valence-corrected chi connectivity index (χ2v) is 7.17. The number of halogens is 1. The van der Waals surface area contributed by atoms with Crippen LogP contribution in [0.15, 0.2) is 84.7 Å². The minimum atomic E-state index is -0.778. The molecule has 144 valence electrons. The fourth-order valence-electron chi connectivity index (χ4n) is 3.50. The van der Waals surface area contributed by atoms with Crippen molar-refractivity contribution in [3.05, 3.63) is 106 Å². The molecule has 0 aliphatic carbocycles. The minimum Gasteiger partial charge on any atom is -0.872 e. The van der Waals surface area contributed by atoms with E-state index < -0.39 is 23.5 Å². The number of nitrogens with one attached hydrogen (secondary N) is 1. The average Bonchev–Trinajstić information content (AvgIpc) is 3.00. The monoisotopic (exact) mass is 404 g/mol. The van der Waals surface area contributed by atoms with Crippen LogP contribution in [0.4, 0.5) is 0 Å². The molecule has 1 fully saturated rings. The second kappa shape index (κ2) is 7.89. The Hall–Kier alpha value is -3.44. The maximum Gasteiger partial charge on any atom is 0.295 e. The van der Waals surface area contributed by atoms with E-state index in [0.29, 0.717) is 16.1 Å². The highest BCUT2D eigenvalue weighted by Gasteiger charge is 2.44. The van der Waals surface area contributed by atoms with Crippen molar-refractivity contribution in [1.82, 2.24) is 4.90 Å². The number of aromatic amines is 1. The molecule has 0 spiro atoms. The Balaban J connectivity index is 1.86. The van der Waals surface area contributed by atoms with Crippen LogP contribution in [0.5, 0.6) is 0 Å². The fourth-order valence-corrected chi connectivity index (χ4v) is 3.62. The molecule has 5 nitrogen and oxygen atoms in total. The summed E-state index contributed by atoms with van der Waals surface area (Å²) in [5.41, 5.74) is 1.81. The lowest BCUT2D eigenvalue weighted by Gasteiger charge is -2.27. The number of pyridine rings is 1. The Morgan fingerprint density at radius 2 is 1.72 bits per heavy atom. The molecule has 1 aliphatic rings. The summed E-state index contributed by atoms with van der Waals surface area (Å²) in [5, 5.41) is 13.7. The van der Waals surface area contributed by atoms with Crippen LogP contribution in [0.3, 0.4) is 0 Å². The largest absolute Gasteiger partial charge is 0.872 e. The molecule has 2 aromatic carbocycles. The van der Waals surface area contributed by atoms with Gasteiger partial charge >= 0.3 is 0 Å². The molecule has 1 atom stereocenters. The zero-order valence-electron chi connectivity index (χ0n) is 15.3. The first kappa shape index (κ1) is 18.9. The van der Waals surface area contributed by atoms with Crippen molar-refractivity contribution >= 4 is 29.1 Å². The highest BCUT2D eigenvalue weighted by molar-refractivity contribution is 6.46. The quantitative estimate of drug-likeness (QED) is 0.381. The number of carbonyl (C=O) groups excluding carboxylic acids is 2. The third-order valence-electron chi connectivity index (χ3n) is 4.88. The van der Waals surface area contributed by atoms with E-state index in [1.165, 1.54) is 4.90 Å². The van der Waals surface area contributed by atoms with E-state index >= 15 is 0 Å². The predicted octanol–water partition coefficient (Wildman–Crippen LogP) is 2.58. The van der Waals surface area contributed by atoms with E-state index in [0.717, 1.165) is 5.56 Å². The van der Waals surface area contributed by atoms with E-state index in [2.05, 4.69) is 4.98 Å². The first-order valence-electron chi connectivity index (χ1n) is 9.08. The summed E-state index contributed by atoms with van der Waals surface area (Å²) < 4.78 is 0. The predicted molar refractivity (Wildman–Crippen MR) is 106 cm³/mol. The van der Waals surface area contributed by atoms with Crippen LogP contribution in [-0.2, 0) is 16.1 Å². The van der Waals surface area contributed by atoms with Crippen molar-refractivity contribution < 1.29 is 19.7 Å². The molecule has 1 saturated heterocycles. The minimum absolute atomic E-state index is 0.0385. The normalized spacial score (nSPS) is 18.2.